The molecule has 1 saturated heterocycles. The fraction of sp³-hybridized carbons (Fsp3) is 0.550. The number of carboxylic acid groups (broad SMARTS) is 1. The average molecular weight is 375 g/mol. The molecule has 27 heavy (non-hydrogen) atoms. The summed E-state index contributed by atoms with van der Waals surface area (Å²) in [5, 5.41) is 12.3. The highest BCUT2D eigenvalue weighted by molar-refractivity contribution is 5.80. The number of carbonyl (C=O) groups is 3. The maximum absolute atomic E-state index is 12.5. The second-order valence-electron chi connectivity index (χ2n) is 7.00. The number of para-hydroxylation sites is 1. The number of carboxylic acids is 1. The first-order valence-electron chi connectivity index (χ1n) is 9.44. The first-order chi connectivity index (χ1) is 12.9. The fourth-order valence-corrected chi connectivity index (χ4v) is 3.52. The molecule has 1 heterocycles. The quantitative estimate of drug-likeness (QED) is 0.762. The third kappa shape index (κ3) is 6.27. The van der Waals surface area contributed by atoms with Gasteiger partial charge in [0.05, 0.1) is 0 Å². The second kappa shape index (κ2) is 9.94. The molecule has 2 amide bonds. The third-order valence-electron chi connectivity index (χ3n) is 5.00. The molecular weight excluding hydrogens is 346 g/mol. The number of likely N-dealkylation sites (tertiary alicyclic amines) is 1. The van der Waals surface area contributed by atoms with Crippen LogP contribution in [-0.2, 0) is 14.4 Å². The van der Waals surface area contributed by atoms with Crippen LogP contribution in [0.3, 0.4) is 0 Å². The van der Waals surface area contributed by atoms with E-state index in [0.29, 0.717) is 32.5 Å². The zero-order chi connectivity index (χ0) is 19.8. The number of carbonyl (C=O) groups excluding carboxylic acids is 2. The minimum Gasteiger partial charge on any atom is -0.480 e. The van der Waals surface area contributed by atoms with Gasteiger partial charge >= 0.3 is 5.97 Å². The lowest BCUT2D eigenvalue weighted by Gasteiger charge is -2.28. The number of anilines is 1. The Bertz CT molecular complexity index is 677. The lowest BCUT2D eigenvalue weighted by atomic mass is 10.1. The number of rotatable bonds is 7. The molecule has 1 unspecified atom stereocenters. The van der Waals surface area contributed by atoms with E-state index in [4.69, 9.17) is 5.11 Å². The standard InChI is InChI=1S/C20H29N3O4/c1-15-6-3-4-8-18(15)21-11-9-19(25)22-12-5-7-17(10-13-22)23(16(2)24)14-20(26)27/h3-4,6,8,17,21H,5,7,9-14H2,1-2H3,(H,26,27). The van der Waals surface area contributed by atoms with Crippen molar-refractivity contribution in [3.63, 3.8) is 0 Å². The van der Waals surface area contributed by atoms with E-state index in [1.54, 1.807) is 0 Å². The first kappa shape index (κ1) is 20.7. The molecule has 2 N–H and O–H groups in total. The summed E-state index contributed by atoms with van der Waals surface area (Å²) in [5.74, 6) is -1.15. The zero-order valence-electron chi connectivity index (χ0n) is 16.1. The van der Waals surface area contributed by atoms with Crippen molar-refractivity contribution in [3.05, 3.63) is 29.8 Å². The molecule has 0 saturated carbocycles. The summed E-state index contributed by atoms with van der Waals surface area (Å²) in [7, 11) is 0. The van der Waals surface area contributed by atoms with Gasteiger partial charge in [0.25, 0.3) is 0 Å². The van der Waals surface area contributed by atoms with Gasteiger partial charge in [0.2, 0.25) is 11.8 Å². The minimum atomic E-state index is -1.01. The van der Waals surface area contributed by atoms with E-state index in [9.17, 15) is 14.4 Å². The topological polar surface area (TPSA) is 90.0 Å². The fourth-order valence-electron chi connectivity index (χ4n) is 3.52. The van der Waals surface area contributed by atoms with Crippen LogP contribution in [0.1, 0.15) is 38.2 Å². The van der Waals surface area contributed by atoms with Gasteiger partial charge in [-0.2, -0.15) is 0 Å². The molecule has 0 aliphatic carbocycles. The molecule has 7 nitrogen and oxygen atoms in total. The van der Waals surface area contributed by atoms with E-state index in [-0.39, 0.29) is 24.4 Å². The van der Waals surface area contributed by atoms with Crippen LogP contribution in [-0.4, -0.2) is 64.9 Å². The van der Waals surface area contributed by atoms with Crippen molar-refractivity contribution in [3.8, 4) is 0 Å². The number of hydrogen-bond acceptors (Lipinski definition) is 4. The van der Waals surface area contributed by atoms with Gasteiger partial charge in [0.15, 0.2) is 0 Å². The summed E-state index contributed by atoms with van der Waals surface area (Å²) in [4.78, 5) is 38.6. The van der Waals surface area contributed by atoms with E-state index in [1.165, 1.54) is 11.8 Å². The Morgan fingerprint density at radius 1 is 1.22 bits per heavy atom. The molecule has 0 bridgehead atoms. The number of amides is 2. The number of aliphatic carboxylic acids is 1. The molecule has 1 aliphatic rings. The molecule has 1 aliphatic heterocycles. The van der Waals surface area contributed by atoms with E-state index in [0.717, 1.165) is 24.1 Å². The lowest BCUT2D eigenvalue weighted by molar-refractivity contribution is -0.145. The summed E-state index contributed by atoms with van der Waals surface area (Å²) < 4.78 is 0. The molecule has 1 aromatic rings. The largest absolute Gasteiger partial charge is 0.480 e. The van der Waals surface area contributed by atoms with Crippen molar-refractivity contribution in [2.45, 2.75) is 45.6 Å². The van der Waals surface area contributed by atoms with Gasteiger partial charge in [-0.15, -0.1) is 0 Å². The van der Waals surface area contributed by atoms with Gasteiger partial charge < -0.3 is 20.2 Å². The SMILES string of the molecule is CC(=O)N(CC(=O)O)C1CCCN(C(=O)CCNc2ccccc2C)CC1. The maximum Gasteiger partial charge on any atom is 0.323 e. The van der Waals surface area contributed by atoms with Crippen LogP contribution >= 0.6 is 0 Å². The number of nitrogens with one attached hydrogen (secondary N) is 1. The van der Waals surface area contributed by atoms with Gasteiger partial charge in [-0.3, -0.25) is 14.4 Å². The van der Waals surface area contributed by atoms with Crippen LogP contribution < -0.4 is 5.32 Å². The van der Waals surface area contributed by atoms with E-state index in [2.05, 4.69) is 5.32 Å². The summed E-state index contributed by atoms with van der Waals surface area (Å²) in [5.41, 5.74) is 2.18. The van der Waals surface area contributed by atoms with Crippen molar-refractivity contribution in [1.29, 1.82) is 0 Å². The van der Waals surface area contributed by atoms with Gasteiger partial charge in [0, 0.05) is 44.7 Å². The number of nitrogens with zero attached hydrogens (tertiary/aromatic N) is 2. The normalized spacial score (nSPS) is 17.1. The highest BCUT2D eigenvalue weighted by atomic mass is 16.4. The minimum absolute atomic E-state index is 0.0874. The van der Waals surface area contributed by atoms with Crippen LogP contribution in [0.5, 0.6) is 0 Å². The Labute approximate surface area is 160 Å². The molecule has 1 atom stereocenters. The van der Waals surface area contributed by atoms with Crippen LogP contribution in [0.2, 0.25) is 0 Å². The predicted molar refractivity (Wildman–Crippen MR) is 104 cm³/mol. The molecular formula is C20H29N3O4. The Morgan fingerprint density at radius 3 is 2.63 bits per heavy atom. The van der Waals surface area contributed by atoms with E-state index >= 15 is 0 Å². The maximum atomic E-state index is 12.5. The Kier molecular flexibility index (Phi) is 7.64. The lowest BCUT2D eigenvalue weighted by Crippen LogP contribution is -2.43. The van der Waals surface area contributed by atoms with Gasteiger partial charge in [-0.25, -0.2) is 0 Å². The van der Waals surface area contributed by atoms with Gasteiger partial charge in [-0.1, -0.05) is 18.2 Å². The van der Waals surface area contributed by atoms with Crippen molar-refractivity contribution in [2.75, 3.05) is 31.5 Å². The monoisotopic (exact) mass is 375 g/mol. The van der Waals surface area contributed by atoms with Crippen LogP contribution in [0, 0.1) is 6.92 Å². The van der Waals surface area contributed by atoms with Crippen LogP contribution in [0.4, 0.5) is 5.69 Å². The summed E-state index contributed by atoms with van der Waals surface area (Å²) in [6, 6.07) is 7.84. The Balaban J connectivity index is 1.84. The third-order valence-corrected chi connectivity index (χ3v) is 5.00. The molecule has 1 fully saturated rings. The first-order valence-corrected chi connectivity index (χ1v) is 9.44. The highest BCUT2D eigenvalue weighted by Crippen LogP contribution is 2.18. The van der Waals surface area contributed by atoms with E-state index in [1.807, 2.05) is 36.1 Å². The second-order valence-corrected chi connectivity index (χ2v) is 7.00. The van der Waals surface area contributed by atoms with Gasteiger partial charge in [-0.05, 0) is 37.8 Å². The molecule has 0 spiro atoms. The molecule has 2 rings (SSSR count). The van der Waals surface area contributed by atoms with Gasteiger partial charge in [0.1, 0.15) is 6.54 Å². The smallest absolute Gasteiger partial charge is 0.323 e. The van der Waals surface area contributed by atoms with Crippen molar-refractivity contribution in [1.82, 2.24) is 9.80 Å². The Morgan fingerprint density at radius 2 is 1.96 bits per heavy atom. The summed E-state index contributed by atoms with van der Waals surface area (Å²) in [6.07, 6.45) is 2.51. The summed E-state index contributed by atoms with van der Waals surface area (Å²) >= 11 is 0. The molecule has 148 valence electrons. The zero-order valence-corrected chi connectivity index (χ0v) is 16.1. The predicted octanol–water partition coefficient (Wildman–Crippen LogP) is 2.11. The van der Waals surface area contributed by atoms with Crippen LogP contribution in [0.15, 0.2) is 24.3 Å². The highest BCUT2D eigenvalue weighted by Gasteiger charge is 2.27. The molecule has 1 aromatic carbocycles. The Hall–Kier alpha value is -2.57. The molecule has 0 radical (unpaired) electrons. The summed E-state index contributed by atoms with van der Waals surface area (Å²) in [6.45, 7) is 4.91. The number of hydrogen-bond donors (Lipinski definition) is 2. The molecule has 7 heteroatoms. The van der Waals surface area contributed by atoms with Crippen molar-refractivity contribution < 1.29 is 19.5 Å². The van der Waals surface area contributed by atoms with Crippen molar-refractivity contribution >= 4 is 23.5 Å². The average Bonchev–Trinajstić information content (AvgIpc) is 2.87. The van der Waals surface area contributed by atoms with Crippen LogP contribution in [0.25, 0.3) is 0 Å². The van der Waals surface area contributed by atoms with Crippen molar-refractivity contribution in [2.24, 2.45) is 0 Å². The number of aryl methyl sites for hydroxylation is 1. The molecule has 0 aromatic heterocycles. The van der Waals surface area contributed by atoms with E-state index < -0.39 is 5.97 Å². The number of benzene rings is 1.